The molecule has 0 aromatic carbocycles. The second-order valence-electron chi connectivity index (χ2n) is 6.17. The van der Waals surface area contributed by atoms with E-state index in [2.05, 4.69) is 15.0 Å². The first-order valence-corrected chi connectivity index (χ1v) is 8.44. The summed E-state index contributed by atoms with van der Waals surface area (Å²) < 4.78 is 5.86. The molecule has 2 aromatic heterocycles. The number of nitrogens with zero attached hydrogens (tertiary/aromatic N) is 5. The summed E-state index contributed by atoms with van der Waals surface area (Å²) in [6.07, 6.45) is 5.68. The lowest BCUT2D eigenvalue weighted by Crippen LogP contribution is -2.42. The number of rotatable bonds is 4. The van der Waals surface area contributed by atoms with E-state index in [1.54, 1.807) is 24.7 Å². The monoisotopic (exact) mass is 341 g/mol. The van der Waals surface area contributed by atoms with E-state index in [1.165, 1.54) is 0 Å². The fourth-order valence-corrected chi connectivity index (χ4v) is 2.86. The number of aromatic nitrogens is 3. The van der Waals surface area contributed by atoms with Gasteiger partial charge in [-0.05, 0) is 24.1 Å². The van der Waals surface area contributed by atoms with Crippen molar-refractivity contribution in [2.24, 2.45) is 0 Å². The number of anilines is 1. The molecule has 7 nitrogen and oxygen atoms in total. The molecule has 25 heavy (non-hydrogen) atoms. The highest BCUT2D eigenvalue weighted by atomic mass is 16.5. The Morgan fingerprint density at radius 2 is 2.20 bits per heavy atom. The van der Waals surface area contributed by atoms with Gasteiger partial charge < -0.3 is 14.5 Å². The van der Waals surface area contributed by atoms with Crippen LogP contribution in [0.2, 0.25) is 0 Å². The zero-order chi connectivity index (χ0) is 17.8. The minimum absolute atomic E-state index is 0.0226. The summed E-state index contributed by atoms with van der Waals surface area (Å²) in [5.41, 5.74) is 2.48. The highest BCUT2D eigenvalue weighted by Crippen LogP contribution is 2.23. The Labute approximate surface area is 147 Å². The van der Waals surface area contributed by atoms with Gasteiger partial charge in [-0.1, -0.05) is 6.92 Å². The van der Waals surface area contributed by atoms with Gasteiger partial charge in [0.1, 0.15) is 6.10 Å². The van der Waals surface area contributed by atoms with Gasteiger partial charge in [0.2, 0.25) is 5.95 Å². The van der Waals surface area contributed by atoms with Gasteiger partial charge in [-0.15, -0.1) is 0 Å². The molecule has 3 rings (SSSR count). The lowest BCUT2D eigenvalue weighted by molar-refractivity contribution is -0.0247. The molecule has 0 aliphatic carbocycles. The summed E-state index contributed by atoms with van der Waals surface area (Å²) in [5.74, 6) is 0.654. The molecular weight excluding hydrogens is 318 g/mol. The lowest BCUT2D eigenvalue weighted by Gasteiger charge is -2.33. The van der Waals surface area contributed by atoms with Gasteiger partial charge in [0.25, 0.3) is 5.91 Å². The van der Waals surface area contributed by atoms with Gasteiger partial charge in [-0.3, -0.25) is 9.78 Å². The van der Waals surface area contributed by atoms with Crippen LogP contribution in [0.5, 0.6) is 0 Å². The maximum Gasteiger partial charge on any atom is 0.254 e. The van der Waals surface area contributed by atoms with E-state index >= 15 is 0 Å². The lowest BCUT2D eigenvalue weighted by atomic mass is 10.1. The molecule has 1 aliphatic heterocycles. The summed E-state index contributed by atoms with van der Waals surface area (Å²) in [5, 5.41) is 0. The van der Waals surface area contributed by atoms with Crippen molar-refractivity contribution in [2.45, 2.75) is 19.4 Å². The van der Waals surface area contributed by atoms with Crippen molar-refractivity contribution >= 4 is 11.9 Å². The summed E-state index contributed by atoms with van der Waals surface area (Å²) in [6, 6.07) is 3.63. The average molecular weight is 341 g/mol. The predicted molar refractivity (Wildman–Crippen MR) is 94.6 cm³/mol. The second-order valence-corrected chi connectivity index (χ2v) is 6.17. The van der Waals surface area contributed by atoms with E-state index in [9.17, 15) is 4.79 Å². The Morgan fingerprint density at radius 1 is 1.36 bits per heavy atom. The maximum absolute atomic E-state index is 12.9. The Hall–Kier alpha value is -2.54. The molecule has 1 unspecified atom stereocenters. The molecule has 0 spiro atoms. The molecule has 1 saturated heterocycles. The number of ether oxygens (including phenoxy) is 1. The van der Waals surface area contributed by atoms with Gasteiger partial charge >= 0.3 is 0 Å². The number of hydrogen-bond donors (Lipinski definition) is 0. The van der Waals surface area contributed by atoms with E-state index in [0.29, 0.717) is 25.6 Å². The number of pyridine rings is 1. The number of amides is 1. The van der Waals surface area contributed by atoms with Crippen LogP contribution in [0.3, 0.4) is 0 Å². The van der Waals surface area contributed by atoms with Crippen LogP contribution < -0.4 is 4.90 Å². The number of carbonyl (C=O) groups is 1. The normalized spacial score (nSPS) is 17.4. The first kappa shape index (κ1) is 17.3. The minimum Gasteiger partial charge on any atom is -0.368 e. The quantitative estimate of drug-likeness (QED) is 0.843. The van der Waals surface area contributed by atoms with Gasteiger partial charge in [-0.2, -0.15) is 0 Å². The molecule has 0 saturated carbocycles. The summed E-state index contributed by atoms with van der Waals surface area (Å²) in [4.78, 5) is 29.5. The smallest absolute Gasteiger partial charge is 0.254 e. The molecule has 0 N–H and O–H groups in total. The Morgan fingerprint density at radius 3 is 2.96 bits per heavy atom. The third-order valence-electron chi connectivity index (χ3n) is 4.26. The topological polar surface area (TPSA) is 71.5 Å². The molecule has 1 amide bonds. The number of hydrogen-bond acceptors (Lipinski definition) is 6. The molecule has 2 aromatic rings. The number of morpholine rings is 1. The second kappa shape index (κ2) is 7.57. The van der Waals surface area contributed by atoms with E-state index < -0.39 is 0 Å². The zero-order valence-corrected chi connectivity index (χ0v) is 14.8. The SMILES string of the molecule is CCc1cnccc1C(=O)N1CCOC(c2ccnc(N(C)C)n2)C1. The van der Waals surface area contributed by atoms with Crippen LogP contribution in [-0.2, 0) is 11.2 Å². The Kier molecular flexibility index (Phi) is 5.23. The Bertz CT molecular complexity index is 750. The standard InChI is InChI=1S/C18H23N5O2/c1-4-13-11-19-7-5-14(13)17(24)23-9-10-25-16(12-23)15-6-8-20-18(21-15)22(2)3/h5-8,11,16H,4,9-10,12H2,1-3H3. The molecule has 7 heteroatoms. The minimum atomic E-state index is -0.244. The van der Waals surface area contributed by atoms with Crippen LogP contribution in [0.25, 0.3) is 0 Å². The van der Waals surface area contributed by atoms with Crippen molar-refractivity contribution in [1.82, 2.24) is 19.9 Å². The fraction of sp³-hybridized carbons (Fsp3) is 0.444. The van der Waals surface area contributed by atoms with Crippen LogP contribution in [0.4, 0.5) is 5.95 Å². The highest BCUT2D eigenvalue weighted by molar-refractivity contribution is 5.95. The molecule has 1 fully saturated rings. The van der Waals surface area contributed by atoms with E-state index in [-0.39, 0.29) is 12.0 Å². The van der Waals surface area contributed by atoms with Crippen molar-refractivity contribution < 1.29 is 9.53 Å². The Balaban J connectivity index is 1.79. The zero-order valence-electron chi connectivity index (χ0n) is 14.8. The van der Waals surface area contributed by atoms with Crippen LogP contribution in [0.1, 0.15) is 34.6 Å². The van der Waals surface area contributed by atoms with Gasteiger partial charge in [0.15, 0.2) is 0 Å². The molecule has 3 heterocycles. The van der Waals surface area contributed by atoms with Gasteiger partial charge in [0, 0.05) is 44.8 Å². The fourth-order valence-electron chi connectivity index (χ4n) is 2.86. The van der Waals surface area contributed by atoms with Gasteiger partial charge in [-0.25, -0.2) is 9.97 Å². The summed E-state index contributed by atoms with van der Waals surface area (Å²) >= 11 is 0. The van der Waals surface area contributed by atoms with Crippen LogP contribution in [0, 0.1) is 0 Å². The predicted octanol–water partition coefficient (Wildman–Crippen LogP) is 1.71. The van der Waals surface area contributed by atoms with E-state index in [0.717, 1.165) is 23.2 Å². The third kappa shape index (κ3) is 3.76. The molecular formula is C18H23N5O2. The highest BCUT2D eigenvalue weighted by Gasteiger charge is 2.28. The van der Waals surface area contributed by atoms with Crippen molar-refractivity contribution in [2.75, 3.05) is 38.7 Å². The first-order chi connectivity index (χ1) is 12.1. The molecule has 0 bridgehead atoms. The molecule has 0 radical (unpaired) electrons. The van der Waals surface area contributed by atoms with E-state index in [1.807, 2.05) is 36.9 Å². The average Bonchev–Trinajstić information content (AvgIpc) is 2.67. The number of carbonyl (C=O) groups excluding carboxylic acids is 1. The summed E-state index contributed by atoms with van der Waals surface area (Å²) in [7, 11) is 3.79. The van der Waals surface area contributed by atoms with Crippen LogP contribution >= 0.6 is 0 Å². The molecule has 1 aliphatic rings. The van der Waals surface area contributed by atoms with Crippen molar-refractivity contribution in [3.63, 3.8) is 0 Å². The third-order valence-corrected chi connectivity index (χ3v) is 4.26. The van der Waals surface area contributed by atoms with Crippen molar-refractivity contribution in [3.05, 3.63) is 47.5 Å². The number of aryl methyl sites for hydroxylation is 1. The largest absolute Gasteiger partial charge is 0.368 e. The van der Waals surface area contributed by atoms with E-state index in [4.69, 9.17) is 4.74 Å². The van der Waals surface area contributed by atoms with Crippen LogP contribution in [0.15, 0.2) is 30.7 Å². The molecule has 1 atom stereocenters. The maximum atomic E-state index is 12.9. The van der Waals surface area contributed by atoms with Gasteiger partial charge in [0.05, 0.1) is 18.8 Å². The summed E-state index contributed by atoms with van der Waals surface area (Å²) in [6.45, 7) is 3.57. The first-order valence-electron chi connectivity index (χ1n) is 8.44. The van der Waals surface area contributed by atoms with Crippen molar-refractivity contribution in [3.8, 4) is 0 Å². The van der Waals surface area contributed by atoms with Crippen LogP contribution in [-0.4, -0.2) is 59.6 Å². The molecule has 132 valence electrons. The van der Waals surface area contributed by atoms with Crippen molar-refractivity contribution in [1.29, 1.82) is 0 Å².